The molecule has 1 saturated heterocycles. The highest BCUT2D eigenvalue weighted by Crippen LogP contribution is 2.52. The Hall–Kier alpha value is -1.90. The number of carbonyl (C=O) groups is 2. The minimum absolute atomic E-state index is 0.0742. The molecule has 2 bridgehead atoms. The maximum atomic E-state index is 12.6. The average molecular weight is 452 g/mol. The van der Waals surface area contributed by atoms with Crippen molar-refractivity contribution in [1.29, 1.82) is 0 Å². The van der Waals surface area contributed by atoms with Gasteiger partial charge in [0.15, 0.2) is 11.5 Å². The van der Waals surface area contributed by atoms with Crippen LogP contribution in [0, 0.1) is 27.2 Å². The van der Waals surface area contributed by atoms with Crippen molar-refractivity contribution in [3.05, 3.63) is 33.4 Å². The van der Waals surface area contributed by atoms with Gasteiger partial charge in [-0.05, 0) is 65.5 Å². The number of aromatic hydroxyl groups is 1. The first kappa shape index (κ1) is 16.6. The van der Waals surface area contributed by atoms with Crippen molar-refractivity contribution in [2.75, 3.05) is 6.61 Å². The largest absolute Gasteiger partial charge is 0.504 e. The van der Waals surface area contributed by atoms with Gasteiger partial charge in [-0.15, -0.1) is 0 Å². The lowest BCUT2D eigenvalue weighted by atomic mass is 9.85. The van der Waals surface area contributed by atoms with Crippen molar-refractivity contribution in [2.45, 2.75) is 13.3 Å². The Morgan fingerprint density at radius 1 is 1.28 bits per heavy atom. The predicted molar refractivity (Wildman–Crippen MR) is 99.2 cm³/mol. The second-order valence-electron chi connectivity index (χ2n) is 6.52. The Kier molecular flexibility index (Phi) is 4.05. The van der Waals surface area contributed by atoms with E-state index in [0.717, 1.165) is 11.4 Å². The van der Waals surface area contributed by atoms with Crippen LogP contribution in [0.5, 0.6) is 11.5 Å². The van der Waals surface area contributed by atoms with Crippen molar-refractivity contribution >= 4 is 40.6 Å². The fraction of sp³-hybridized carbons (Fsp3) is 0.389. The third-order valence-electron chi connectivity index (χ3n) is 5.12. The summed E-state index contributed by atoms with van der Waals surface area (Å²) in [5.74, 6) is -0.142. The molecule has 0 aromatic heterocycles. The van der Waals surface area contributed by atoms with E-state index in [2.05, 4.69) is 17.3 Å². The normalized spacial score (nSPS) is 29.9. The lowest BCUT2D eigenvalue weighted by Crippen LogP contribution is -2.28. The van der Waals surface area contributed by atoms with Gasteiger partial charge in [-0.25, -0.2) is 0 Å². The van der Waals surface area contributed by atoms with Gasteiger partial charge in [-0.2, -0.15) is 10.1 Å². The van der Waals surface area contributed by atoms with E-state index in [9.17, 15) is 14.7 Å². The predicted octanol–water partition coefficient (Wildman–Crippen LogP) is 2.54. The van der Waals surface area contributed by atoms with Crippen LogP contribution in [0.1, 0.15) is 18.9 Å². The molecule has 0 spiro atoms. The van der Waals surface area contributed by atoms with Gasteiger partial charge in [0.05, 0.1) is 28.2 Å². The second kappa shape index (κ2) is 6.12. The van der Waals surface area contributed by atoms with E-state index in [1.807, 2.05) is 29.5 Å². The Labute approximate surface area is 158 Å². The molecular weight excluding hydrogens is 435 g/mol. The van der Waals surface area contributed by atoms with Gasteiger partial charge in [-0.3, -0.25) is 9.59 Å². The van der Waals surface area contributed by atoms with Crippen LogP contribution in [0.2, 0.25) is 0 Å². The van der Waals surface area contributed by atoms with Crippen molar-refractivity contribution in [3.63, 3.8) is 0 Å². The number of benzene rings is 1. The van der Waals surface area contributed by atoms with Crippen molar-refractivity contribution in [3.8, 4) is 11.5 Å². The number of ether oxygens (including phenoxy) is 1. The van der Waals surface area contributed by atoms with E-state index < -0.39 is 0 Å². The number of carbonyl (C=O) groups excluding carboxylic acids is 2. The molecular formula is C18H17IN2O4. The van der Waals surface area contributed by atoms with Crippen LogP contribution in [0.4, 0.5) is 0 Å². The van der Waals surface area contributed by atoms with E-state index in [-0.39, 0.29) is 41.2 Å². The molecule has 0 radical (unpaired) electrons. The lowest BCUT2D eigenvalue weighted by Gasteiger charge is -2.13. The zero-order chi connectivity index (χ0) is 17.7. The molecule has 2 fully saturated rings. The number of phenols is 1. The Morgan fingerprint density at radius 3 is 2.52 bits per heavy atom. The van der Waals surface area contributed by atoms with Gasteiger partial charge in [-0.1, -0.05) is 12.2 Å². The number of hydrazone groups is 1. The molecule has 6 nitrogen and oxygen atoms in total. The van der Waals surface area contributed by atoms with Crippen molar-refractivity contribution in [1.82, 2.24) is 5.01 Å². The summed E-state index contributed by atoms with van der Waals surface area (Å²) < 4.78 is 6.01. The standard InChI is InChI=1S/C18H17IN2O4/c1-2-25-13-6-9(5-12(19)16(13)22)8-20-21-17(23)14-10-3-4-11(7-10)15(14)18(21)24/h3-6,8,10-11,14-15,22H,2,7H2,1H3/t10-,11-,14-,15+/m0/s1. The minimum atomic E-state index is -0.251. The van der Waals surface area contributed by atoms with E-state index >= 15 is 0 Å². The summed E-state index contributed by atoms with van der Waals surface area (Å²) in [7, 11) is 0. The van der Waals surface area contributed by atoms with E-state index in [0.29, 0.717) is 21.5 Å². The number of allylic oxidation sites excluding steroid dienone is 2. The minimum Gasteiger partial charge on any atom is -0.504 e. The Bertz CT molecular complexity index is 790. The van der Waals surface area contributed by atoms with Crippen LogP contribution >= 0.6 is 22.6 Å². The van der Waals surface area contributed by atoms with Crippen molar-refractivity contribution < 1.29 is 19.4 Å². The van der Waals surface area contributed by atoms with E-state index in [1.165, 1.54) is 6.21 Å². The molecule has 2 aliphatic carbocycles. The fourth-order valence-electron chi connectivity index (χ4n) is 4.06. The number of rotatable bonds is 4. The molecule has 1 aliphatic heterocycles. The van der Waals surface area contributed by atoms with Crippen LogP contribution in [-0.4, -0.2) is 34.8 Å². The smallest absolute Gasteiger partial charge is 0.254 e. The van der Waals surface area contributed by atoms with Crippen molar-refractivity contribution in [2.24, 2.45) is 28.8 Å². The number of fused-ring (bicyclic) bond motifs is 5. The lowest BCUT2D eigenvalue weighted by molar-refractivity contribution is -0.140. The highest BCUT2D eigenvalue weighted by atomic mass is 127. The maximum Gasteiger partial charge on any atom is 0.254 e. The molecule has 0 unspecified atom stereocenters. The molecule has 3 aliphatic rings. The van der Waals surface area contributed by atoms with Gasteiger partial charge in [0.1, 0.15) is 0 Å². The van der Waals surface area contributed by atoms with E-state index in [4.69, 9.17) is 4.74 Å². The number of amides is 2. The molecule has 4 atom stereocenters. The van der Waals surface area contributed by atoms with Gasteiger partial charge in [0.25, 0.3) is 11.8 Å². The van der Waals surface area contributed by atoms with E-state index in [1.54, 1.807) is 12.1 Å². The van der Waals surface area contributed by atoms with Gasteiger partial charge in [0.2, 0.25) is 0 Å². The molecule has 1 aromatic rings. The number of phenolic OH excluding ortho intramolecular Hbond substituents is 1. The van der Waals surface area contributed by atoms with Gasteiger partial charge < -0.3 is 9.84 Å². The monoisotopic (exact) mass is 452 g/mol. The maximum absolute atomic E-state index is 12.6. The van der Waals surface area contributed by atoms with Gasteiger partial charge in [0, 0.05) is 0 Å². The number of imide groups is 1. The topological polar surface area (TPSA) is 79.2 Å². The first-order chi connectivity index (χ1) is 12.0. The molecule has 7 heteroatoms. The van der Waals surface area contributed by atoms with Crippen LogP contribution in [0.3, 0.4) is 0 Å². The zero-order valence-corrected chi connectivity index (χ0v) is 15.7. The average Bonchev–Trinajstić information content (AvgIpc) is 3.25. The molecule has 1 heterocycles. The highest BCUT2D eigenvalue weighted by molar-refractivity contribution is 14.1. The summed E-state index contributed by atoms with van der Waals surface area (Å²) in [6, 6.07) is 3.36. The SMILES string of the molecule is CCOc1cc(C=NN2C(=O)[C@@H]3[C@H](C2=O)[C@H]2C=C[C@H]3C2)cc(I)c1O. The summed E-state index contributed by atoms with van der Waals surface area (Å²) in [5, 5.41) is 15.2. The first-order valence-electron chi connectivity index (χ1n) is 8.26. The molecule has 25 heavy (non-hydrogen) atoms. The third-order valence-corrected chi connectivity index (χ3v) is 5.94. The second-order valence-corrected chi connectivity index (χ2v) is 7.68. The first-order valence-corrected chi connectivity index (χ1v) is 9.34. The Balaban J connectivity index is 1.59. The molecule has 130 valence electrons. The number of nitrogens with zero attached hydrogens (tertiary/aromatic N) is 2. The third kappa shape index (κ3) is 2.56. The number of hydrogen-bond acceptors (Lipinski definition) is 5. The molecule has 1 saturated carbocycles. The summed E-state index contributed by atoms with van der Waals surface area (Å²) >= 11 is 2.00. The fourth-order valence-corrected chi connectivity index (χ4v) is 4.68. The molecule has 2 amide bonds. The summed E-state index contributed by atoms with van der Waals surface area (Å²) in [6.45, 7) is 2.25. The van der Waals surface area contributed by atoms with Crippen LogP contribution in [-0.2, 0) is 9.59 Å². The molecule has 1 aromatic carbocycles. The molecule has 1 N–H and O–H groups in total. The number of halogens is 1. The van der Waals surface area contributed by atoms with Crippen LogP contribution < -0.4 is 4.74 Å². The highest BCUT2D eigenvalue weighted by Gasteiger charge is 2.59. The summed E-state index contributed by atoms with van der Waals surface area (Å²) in [5.41, 5.74) is 0.657. The van der Waals surface area contributed by atoms with Crippen LogP contribution in [0.15, 0.2) is 29.4 Å². The Morgan fingerprint density at radius 2 is 1.92 bits per heavy atom. The number of hydrogen-bond donors (Lipinski definition) is 1. The van der Waals surface area contributed by atoms with Crippen LogP contribution in [0.25, 0.3) is 0 Å². The quantitative estimate of drug-likeness (QED) is 0.330. The summed E-state index contributed by atoms with van der Waals surface area (Å²) in [6.07, 6.45) is 6.48. The van der Waals surface area contributed by atoms with Gasteiger partial charge >= 0.3 is 0 Å². The zero-order valence-electron chi connectivity index (χ0n) is 13.6. The summed E-state index contributed by atoms with van der Waals surface area (Å²) in [4.78, 5) is 25.2. The molecule has 4 rings (SSSR count).